The minimum absolute atomic E-state index is 0.132. The number of hydrogen-bond acceptors (Lipinski definition) is 2. The highest BCUT2D eigenvalue weighted by Gasteiger charge is 2.34. The van der Waals surface area contributed by atoms with E-state index < -0.39 is 17.3 Å². The lowest BCUT2D eigenvalue weighted by molar-refractivity contribution is 0.177. The zero-order valence-corrected chi connectivity index (χ0v) is 13.7. The van der Waals surface area contributed by atoms with Gasteiger partial charge in [0.1, 0.15) is 11.4 Å². The van der Waals surface area contributed by atoms with Crippen LogP contribution in [-0.2, 0) is 0 Å². The van der Waals surface area contributed by atoms with Gasteiger partial charge in [0.2, 0.25) is 0 Å². The van der Waals surface area contributed by atoms with E-state index in [0.717, 1.165) is 0 Å². The minimum atomic E-state index is -1.44. The zero-order chi connectivity index (χ0) is 15.8. The second-order valence-electron chi connectivity index (χ2n) is 5.89. The number of anilines is 1. The monoisotopic (exact) mass is 362 g/mol. The fourth-order valence-electron chi connectivity index (χ4n) is 2.53. The Morgan fingerprint density at radius 1 is 1.29 bits per heavy atom. The van der Waals surface area contributed by atoms with Crippen LogP contribution in [0.15, 0.2) is 29.0 Å². The molecule has 116 valence electrons. The molecule has 2 rings (SSSR count). The Morgan fingerprint density at radius 3 is 2.38 bits per heavy atom. The van der Waals surface area contributed by atoms with Crippen molar-refractivity contribution in [1.29, 1.82) is 0 Å². The molecule has 0 fully saturated rings. The summed E-state index contributed by atoms with van der Waals surface area (Å²) in [6.45, 7) is 4.79. The molecule has 0 spiro atoms. The molecule has 0 amide bonds. The van der Waals surface area contributed by atoms with Crippen LogP contribution in [0.4, 0.5) is 18.9 Å². The first kappa shape index (κ1) is 16.2. The quantitative estimate of drug-likeness (QED) is 0.851. The fourth-order valence-corrected chi connectivity index (χ4v) is 2.93. The summed E-state index contributed by atoms with van der Waals surface area (Å²) in [5.74, 6) is -1.36. The molecule has 1 aliphatic rings. The first-order valence-electron chi connectivity index (χ1n) is 6.73. The third-order valence-corrected chi connectivity index (χ3v) is 3.92. The van der Waals surface area contributed by atoms with Gasteiger partial charge in [-0.25, -0.2) is 13.2 Å². The molecule has 0 saturated heterocycles. The average Bonchev–Trinajstić information content (AvgIpc) is 2.30. The molecule has 1 heterocycles. The van der Waals surface area contributed by atoms with Crippen molar-refractivity contribution in [3.63, 3.8) is 0 Å². The Bertz CT molecular complexity index is 531. The Balaban J connectivity index is 2.44. The maximum atomic E-state index is 14.2. The topological polar surface area (TPSA) is 15.3 Å². The van der Waals surface area contributed by atoms with Gasteiger partial charge in [-0.15, -0.1) is 0 Å². The van der Waals surface area contributed by atoms with Gasteiger partial charge in [0.05, 0.1) is 6.04 Å². The van der Waals surface area contributed by atoms with Crippen LogP contribution in [-0.4, -0.2) is 17.8 Å². The summed E-state index contributed by atoms with van der Waals surface area (Å²) in [5.41, 5.74) is -1.59. The molecule has 1 aliphatic heterocycles. The lowest BCUT2D eigenvalue weighted by Crippen LogP contribution is -2.51. The van der Waals surface area contributed by atoms with Crippen LogP contribution in [0.2, 0.25) is 0 Å². The fraction of sp³-hybridized carbons (Fsp3) is 0.467. The average molecular weight is 363 g/mol. The number of nitrogens with one attached hydrogen (secondary N) is 1. The number of benzene rings is 1. The molecule has 0 aromatic heterocycles. The molecule has 0 radical (unpaired) electrons. The van der Waals surface area contributed by atoms with E-state index in [1.54, 1.807) is 12.4 Å². The van der Waals surface area contributed by atoms with Crippen molar-refractivity contribution in [3.8, 4) is 0 Å². The molecule has 0 saturated carbocycles. The summed E-state index contributed by atoms with van der Waals surface area (Å²) in [4.78, 5) is 1.47. The van der Waals surface area contributed by atoms with Crippen molar-refractivity contribution < 1.29 is 13.2 Å². The Labute approximate surface area is 131 Å². The van der Waals surface area contributed by atoms with Gasteiger partial charge in [-0.1, -0.05) is 15.9 Å². The molecule has 1 aromatic carbocycles. The smallest absolute Gasteiger partial charge is 0.150 e. The van der Waals surface area contributed by atoms with Gasteiger partial charge in [0, 0.05) is 29.3 Å². The molecule has 1 unspecified atom stereocenters. The number of alkyl halides is 1. The maximum absolute atomic E-state index is 14.2. The summed E-state index contributed by atoms with van der Waals surface area (Å²) in [7, 11) is 0. The van der Waals surface area contributed by atoms with Crippen molar-refractivity contribution in [2.75, 3.05) is 4.90 Å². The van der Waals surface area contributed by atoms with Crippen LogP contribution in [0.1, 0.15) is 27.2 Å². The SMILES string of the molecule is C[C@H]1NC=CN(c2c(F)cc(Br)cc2F)C1CC(C)(C)F. The van der Waals surface area contributed by atoms with E-state index in [2.05, 4.69) is 21.2 Å². The van der Waals surface area contributed by atoms with E-state index in [9.17, 15) is 13.2 Å². The molecule has 2 nitrogen and oxygen atoms in total. The van der Waals surface area contributed by atoms with Crippen LogP contribution in [0.5, 0.6) is 0 Å². The standard InChI is InChI=1S/C15H18BrF3N2/c1-9-13(8-15(2,3)19)21(5-4-20-9)14-11(17)6-10(16)7-12(14)18/h4-7,9,13,20H,8H2,1-3H3/t9-,13?/m1/s1. The summed E-state index contributed by atoms with van der Waals surface area (Å²) in [6.07, 6.45) is 3.32. The first-order valence-corrected chi connectivity index (χ1v) is 7.53. The van der Waals surface area contributed by atoms with Crippen LogP contribution in [0, 0.1) is 11.6 Å². The zero-order valence-electron chi connectivity index (χ0n) is 12.1. The van der Waals surface area contributed by atoms with E-state index in [0.29, 0.717) is 4.47 Å². The van der Waals surface area contributed by atoms with E-state index in [4.69, 9.17) is 0 Å². The van der Waals surface area contributed by atoms with Crippen molar-refractivity contribution in [3.05, 3.63) is 40.6 Å². The lowest BCUT2D eigenvalue weighted by Gasteiger charge is -2.40. The Kier molecular flexibility index (Phi) is 4.56. The highest BCUT2D eigenvalue weighted by molar-refractivity contribution is 9.10. The van der Waals surface area contributed by atoms with Gasteiger partial charge in [-0.3, -0.25) is 0 Å². The van der Waals surface area contributed by atoms with Crippen molar-refractivity contribution in [2.24, 2.45) is 0 Å². The lowest BCUT2D eigenvalue weighted by atomic mass is 9.93. The highest BCUT2D eigenvalue weighted by Crippen LogP contribution is 2.33. The minimum Gasteiger partial charge on any atom is -0.385 e. The number of nitrogens with zero attached hydrogens (tertiary/aromatic N) is 1. The summed E-state index contributed by atoms with van der Waals surface area (Å²) < 4.78 is 42.7. The van der Waals surface area contributed by atoms with Crippen LogP contribution >= 0.6 is 15.9 Å². The van der Waals surface area contributed by atoms with Crippen molar-refractivity contribution >= 4 is 21.6 Å². The molecule has 1 aromatic rings. The van der Waals surface area contributed by atoms with Crippen LogP contribution in [0.3, 0.4) is 0 Å². The number of halogens is 4. The highest BCUT2D eigenvalue weighted by atomic mass is 79.9. The van der Waals surface area contributed by atoms with E-state index in [-0.39, 0.29) is 24.2 Å². The largest absolute Gasteiger partial charge is 0.385 e. The van der Waals surface area contributed by atoms with Gasteiger partial charge >= 0.3 is 0 Å². The number of hydrogen-bond donors (Lipinski definition) is 1. The molecule has 0 bridgehead atoms. The van der Waals surface area contributed by atoms with Crippen molar-refractivity contribution in [1.82, 2.24) is 5.32 Å². The second kappa shape index (κ2) is 5.91. The predicted molar refractivity (Wildman–Crippen MR) is 81.9 cm³/mol. The van der Waals surface area contributed by atoms with Crippen molar-refractivity contribution in [2.45, 2.75) is 44.9 Å². The normalized spacial score (nSPS) is 22.3. The third-order valence-electron chi connectivity index (χ3n) is 3.46. The third kappa shape index (κ3) is 3.73. The van der Waals surface area contributed by atoms with Gasteiger partial charge in [-0.2, -0.15) is 0 Å². The molecule has 6 heteroatoms. The Morgan fingerprint density at radius 2 is 1.86 bits per heavy atom. The molecule has 21 heavy (non-hydrogen) atoms. The van der Waals surface area contributed by atoms with Gasteiger partial charge in [0.25, 0.3) is 0 Å². The van der Waals surface area contributed by atoms with Crippen LogP contribution < -0.4 is 10.2 Å². The summed E-state index contributed by atoms with van der Waals surface area (Å²) >= 11 is 3.06. The van der Waals surface area contributed by atoms with E-state index >= 15 is 0 Å². The van der Waals surface area contributed by atoms with Gasteiger partial charge in [0.15, 0.2) is 11.6 Å². The molecule has 1 N–H and O–H groups in total. The summed E-state index contributed by atoms with van der Waals surface area (Å²) in [5, 5.41) is 3.06. The molecular formula is C15H18BrF3N2. The molecule has 2 atom stereocenters. The summed E-state index contributed by atoms with van der Waals surface area (Å²) in [6, 6.07) is 1.89. The van der Waals surface area contributed by atoms with E-state index in [1.165, 1.54) is 30.9 Å². The van der Waals surface area contributed by atoms with Crippen LogP contribution in [0.25, 0.3) is 0 Å². The van der Waals surface area contributed by atoms with Gasteiger partial charge in [-0.05, 0) is 32.9 Å². The second-order valence-corrected chi connectivity index (χ2v) is 6.80. The molecule has 0 aliphatic carbocycles. The first-order chi connectivity index (χ1) is 9.69. The molecular weight excluding hydrogens is 345 g/mol. The van der Waals surface area contributed by atoms with Gasteiger partial charge < -0.3 is 10.2 Å². The Hall–Kier alpha value is -1.17. The maximum Gasteiger partial charge on any atom is 0.150 e. The number of rotatable bonds is 3. The predicted octanol–water partition coefficient (Wildman–Crippen LogP) is 4.50. The van der Waals surface area contributed by atoms with E-state index in [1.807, 2.05) is 6.92 Å².